The van der Waals surface area contributed by atoms with Crippen molar-refractivity contribution >= 4 is 17.0 Å². The van der Waals surface area contributed by atoms with Gasteiger partial charge in [0.15, 0.2) is 5.65 Å². The summed E-state index contributed by atoms with van der Waals surface area (Å²) in [6.07, 6.45) is 9.43. The minimum atomic E-state index is -0.217. The minimum Gasteiger partial charge on any atom is -0.353 e. The molecule has 2 fully saturated rings. The van der Waals surface area contributed by atoms with Crippen LogP contribution in [0.15, 0.2) is 11.0 Å². The summed E-state index contributed by atoms with van der Waals surface area (Å²) in [6.45, 7) is 9.71. The molecule has 0 aromatic carbocycles. The first-order valence-corrected chi connectivity index (χ1v) is 10.4. The van der Waals surface area contributed by atoms with E-state index < -0.39 is 0 Å². The Balaban J connectivity index is 1.42. The van der Waals surface area contributed by atoms with Gasteiger partial charge in [-0.25, -0.2) is 4.68 Å². The number of H-pyrrole nitrogens is 1. The highest BCUT2D eigenvalue weighted by atomic mass is 16.1. The van der Waals surface area contributed by atoms with Crippen LogP contribution in [0.2, 0.25) is 0 Å². The summed E-state index contributed by atoms with van der Waals surface area (Å²) in [6, 6.07) is 0.358. The summed E-state index contributed by atoms with van der Waals surface area (Å²) in [5.74, 6) is 1.47. The smallest absolute Gasteiger partial charge is 0.263 e. The van der Waals surface area contributed by atoms with Crippen molar-refractivity contribution in [3.63, 3.8) is 0 Å². The fraction of sp³-hybridized carbons (Fsp3) is 0.750. The molecule has 148 valence electrons. The monoisotopic (exact) mass is 372 g/mol. The van der Waals surface area contributed by atoms with Crippen molar-refractivity contribution in [3.05, 3.63) is 16.6 Å². The molecule has 0 atom stereocenters. The lowest BCUT2D eigenvalue weighted by molar-refractivity contribution is 0.189. The van der Waals surface area contributed by atoms with E-state index in [2.05, 4.69) is 46.1 Å². The first kappa shape index (κ1) is 18.5. The van der Waals surface area contributed by atoms with Gasteiger partial charge in [-0.2, -0.15) is 10.1 Å². The molecule has 2 aromatic heterocycles. The normalized spacial score (nSPS) is 20.6. The van der Waals surface area contributed by atoms with Gasteiger partial charge in [0.1, 0.15) is 5.39 Å². The van der Waals surface area contributed by atoms with Gasteiger partial charge in [-0.3, -0.25) is 9.78 Å². The zero-order chi connectivity index (χ0) is 19.0. The highest BCUT2D eigenvalue weighted by Crippen LogP contribution is 2.27. The second kappa shape index (κ2) is 7.26. The van der Waals surface area contributed by atoms with Gasteiger partial charge in [-0.15, -0.1) is 0 Å². The fourth-order valence-corrected chi connectivity index (χ4v) is 4.49. The van der Waals surface area contributed by atoms with Crippen LogP contribution in [0.25, 0.3) is 11.0 Å². The Hall–Kier alpha value is -1.89. The average molecular weight is 373 g/mol. The number of likely N-dealkylation sites (tertiary alicyclic amines) is 1. The molecular formula is C20H32N6O. The molecule has 3 heterocycles. The van der Waals surface area contributed by atoms with Gasteiger partial charge >= 0.3 is 0 Å². The number of rotatable bonds is 4. The van der Waals surface area contributed by atoms with E-state index in [0.717, 1.165) is 31.8 Å². The quantitative estimate of drug-likeness (QED) is 0.863. The number of nitrogens with one attached hydrogen (secondary N) is 2. The summed E-state index contributed by atoms with van der Waals surface area (Å²) in [5, 5.41) is 8.38. The Morgan fingerprint density at radius 3 is 2.56 bits per heavy atom. The van der Waals surface area contributed by atoms with Crippen LogP contribution < -0.4 is 10.9 Å². The first-order valence-electron chi connectivity index (χ1n) is 10.4. The van der Waals surface area contributed by atoms with Crippen molar-refractivity contribution < 1.29 is 0 Å². The summed E-state index contributed by atoms with van der Waals surface area (Å²) < 4.78 is 1.83. The molecule has 27 heavy (non-hydrogen) atoms. The second-order valence-electron chi connectivity index (χ2n) is 9.25. The molecule has 1 aliphatic heterocycles. The van der Waals surface area contributed by atoms with Gasteiger partial charge in [-0.05, 0) is 52.4 Å². The molecule has 0 radical (unpaired) electrons. The highest BCUT2D eigenvalue weighted by molar-refractivity contribution is 5.74. The van der Waals surface area contributed by atoms with Gasteiger partial charge in [0.25, 0.3) is 5.56 Å². The standard InChI is InChI=1S/C20H32N6O/c1-20(2,3)26-17-16(12-21-26)18(27)24-19(23-17)22-15-8-10-25(11-9-15)13-14-6-4-5-7-14/h12,14-15H,4-11,13H2,1-3H3,(H2,22,23,24,27). The van der Waals surface area contributed by atoms with Gasteiger partial charge in [0.2, 0.25) is 5.95 Å². The number of nitrogens with zero attached hydrogens (tertiary/aromatic N) is 4. The summed E-state index contributed by atoms with van der Waals surface area (Å²) in [4.78, 5) is 22.6. The lowest BCUT2D eigenvalue weighted by atomic mass is 10.0. The number of aromatic amines is 1. The van der Waals surface area contributed by atoms with Crippen LogP contribution in [-0.2, 0) is 5.54 Å². The van der Waals surface area contributed by atoms with Crippen LogP contribution >= 0.6 is 0 Å². The molecule has 0 bridgehead atoms. The Labute approximate surface area is 160 Å². The maximum Gasteiger partial charge on any atom is 0.263 e. The number of anilines is 1. The lowest BCUT2D eigenvalue weighted by Crippen LogP contribution is -2.41. The Kier molecular flexibility index (Phi) is 4.97. The minimum absolute atomic E-state index is 0.128. The third-order valence-electron chi connectivity index (χ3n) is 5.99. The Morgan fingerprint density at radius 1 is 1.19 bits per heavy atom. The first-order chi connectivity index (χ1) is 12.9. The predicted molar refractivity (Wildman–Crippen MR) is 108 cm³/mol. The van der Waals surface area contributed by atoms with E-state index in [1.54, 1.807) is 6.20 Å². The molecule has 2 aromatic rings. The van der Waals surface area contributed by atoms with Crippen molar-refractivity contribution in [2.24, 2.45) is 5.92 Å². The number of hydrogen-bond donors (Lipinski definition) is 2. The zero-order valence-corrected chi connectivity index (χ0v) is 16.8. The summed E-state index contributed by atoms with van der Waals surface area (Å²) in [5.41, 5.74) is 0.301. The molecule has 0 amide bonds. The summed E-state index contributed by atoms with van der Waals surface area (Å²) >= 11 is 0. The molecule has 2 N–H and O–H groups in total. The number of aromatic nitrogens is 4. The molecule has 0 unspecified atom stereocenters. The Bertz CT molecular complexity index is 834. The topological polar surface area (TPSA) is 78.8 Å². The van der Waals surface area contributed by atoms with E-state index in [9.17, 15) is 4.79 Å². The summed E-state index contributed by atoms with van der Waals surface area (Å²) in [7, 11) is 0. The predicted octanol–water partition coefficient (Wildman–Crippen LogP) is 2.94. The van der Waals surface area contributed by atoms with Crippen molar-refractivity contribution in [2.45, 2.75) is 70.9 Å². The second-order valence-corrected chi connectivity index (χ2v) is 9.25. The largest absolute Gasteiger partial charge is 0.353 e. The molecule has 1 saturated carbocycles. The van der Waals surface area contributed by atoms with Crippen LogP contribution in [-0.4, -0.2) is 50.3 Å². The van der Waals surface area contributed by atoms with Crippen molar-refractivity contribution in [3.8, 4) is 0 Å². The lowest BCUT2D eigenvalue weighted by Gasteiger charge is -2.33. The molecular weight excluding hydrogens is 340 g/mol. The Morgan fingerprint density at radius 2 is 1.89 bits per heavy atom. The molecule has 4 rings (SSSR count). The van der Waals surface area contributed by atoms with E-state index >= 15 is 0 Å². The van der Waals surface area contributed by atoms with Gasteiger partial charge in [-0.1, -0.05) is 12.8 Å². The SMILES string of the molecule is CC(C)(C)n1ncc2c(=O)[nH]c(NC3CCN(CC4CCCC4)CC3)nc21. The molecule has 7 heteroatoms. The zero-order valence-electron chi connectivity index (χ0n) is 16.8. The van der Waals surface area contributed by atoms with E-state index in [-0.39, 0.29) is 11.1 Å². The number of fused-ring (bicyclic) bond motifs is 1. The van der Waals surface area contributed by atoms with E-state index in [0.29, 0.717) is 23.0 Å². The maximum absolute atomic E-state index is 12.4. The van der Waals surface area contributed by atoms with Gasteiger partial charge in [0, 0.05) is 25.7 Å². The van der Waals surface area contributed by atoms with Gasteiger partial charge < -0.3 is 10.2 Å². The molecule has 1 saturated heterocycles. The number of hydrogen-bond acceptors (Lipinski definition) is 5. The van der Waals surface area contributed by atoms with E-state index in [1.807, 2.05) is 4.68 Å². The van der Waals surface area contributed by atoms with Crippen LogP contribution in [0.3, 0.4) is 0 Å². The van der Waals surface area contributed by atoms with Crippen LogP contribution in [0.1, 0.15) is 59.3 Å². The highest BCUT2D eigenvalue weighted by Gasteiger charge is 2.24. The van der Waals surface area contributed by atoms with E-state index in [1.165, 1.54) is 32.2 Å². The van der Waals surface area contributed by atoms with Gasteiger partial charge in [0.05, 0.1) is 11.7 Å². The van der Waals surface area contributed by atoms with Crippen molar-refractivity contribution in [1.82, 2.24) is 24.6 Å². The fourth-order valence-electron chi connectivity index (χ4n) is 4.49. The van der Waals surface area contributed by atoms with Crippen LogP contribution in [0, 0.1) is 5.92 Å². The molecule has 2 aliphatic rings. The molecule has 0 spiro atoms. The molecule has 7 nitrogen and oxygen atoms in total. The molecule has 1 aliphatic carbocycles. The maximum atomic E-state index is 12.4. The van der Waals surface area contributed by atoms with Crippen molar-refractivity contribution in [1.29, 1.82) is 0 Å². The van der Waals surface area contributed by atoms with Crippen LogP contribution in [0.5, 0.6) is 0 Å². The van der Waals surface area contributed by atoms with Crippen molar-refractivity contribution in [2.75, 3.05) is 25.0 Å². The third kappa shape index (κ3) is 4.03. The average Bonchev–Trinajstić information content (AvgIpc) is 3.26. The van der Waals surface area contributed by atoms with Crippen LogP contribution in [0.4, 0.5) is 5.95 Å². The number of piperidine rings is 1. The van der Waals surface area contributed by atoms with E-state index in [4.69, 9.17) is 0 Å². The third-order valence-corrected chi connectivity index (χ3v) is 5.99.